The molecule has 0 atom stereocenters. The van der Waals surface area contributed by atoms with Gasteiger partial charge in [-0.05, 0) is 17.7 Å². The Morgan fingerprint density at radius 3 is 2.68 bits per heavy atom. The summed E-state index contributed by atoms with van der Waals surface area (Å²) in [7, 11) is 0. The molecule has 0 N–H and O–H groups in total. The van der Waals surface area contributed by atoms with E-state index in [-0.39, 0.29) is 5.75 Å². The Morgan fingerprint density at radius 1 is 1.04 bits per heavy atom. The lowest BCUT2D eigenvalue weighted by Crippen LogP contribution is -1.99. The van der Waals surface area contributed by atoms with Gasteiger partial charge < -0.3 is 4.74 Å². The van der Waals surface area contributed by atoms with Gasteiger partial charge in [-0.3, -0.25) is 9.38 Å². The lowest BCUT2D eigenvalue weighted by molar-refractivity contribution is 0.290. The molecule has 5 rings (SSSR count). The smallest absolute Gasteiger partial charge is 0.176 e. The molecule has 0 amide bonds. The largest absolute Gasteiger partial charge is 0.486 e. The molecule has 0 spiro atoms. The zero-order valence-electron chi connectivity index (χ0n) is 14.9. The lowest BCUT2D eigenvalue weighted by Gasteiger charge is -2.10. The summed E-state index contributed by atoms with van der Waals surface area (Å²) < 4.78 is 22.9. The number of halogens is 1. The predicted octanol–water partition coefficient (Wildman–Crippen LogP) is 5.07. The molecule has 0 bridgehead atoms. The SMILES string of the molecule is Fc1c(OCc2ccccc2)cccc1-c1nc(C2=CC=C2)c2cnccn12. The maximum atomic E-state index is 15.3. The van der Waals surface area contributed by atoms with E-state index >= 15 is 4.39 Å². The third kappa shape index (κ3) is 2.77. The van der Waals surface area contributed by atoms with Gasteiger partial charge in [0, 0.05) is 18.0 Å². The molecule has 2 aromatic heterocycles. The topological polar surface area (TPSA) is 39.4 Å². The first-order chi connectivity index (χ1) is 13.8. The van der Waals surface area contributed by atoms with Crippen molar-refractivity contribution in [1.82, 2.24) is 14.4 Å². The second-order valence-electron chi connectivity index (χ2n) is 6.49. The summed E-state index contributed by atoms with van der Waals surface area (Å²) in [5.74, 6) is 0.305. The Bertz CT molecular complexity index is 1230. The Morgan fingerprint density at radius 2 is 1.89 bits per heavy atom. The first-order valence-electron chi connectivity index (χ1n) is 8.98. The van der Waals surface area contributed by atoms with Crippen molar-refractivity contribution >= 4 is 11.1 Å². The second kappa shape index (κ2) is 6.78. The van der Waals surface area contributed by atoms with E-state index in [9.17, 15) is 0 Å². The third-order valence-corrected chi connectivity index (χ3v) is 4.71. The van der Waals surface area contributed by atoms with Crippen molar-refractivity contribution in [1.29, 1.82) is 0 Å². The zero-order chi connectivity index (χ0) is 18.9. The summed E-state index contributed by atoms with van der Waals surface area (Å²) in [6.45, 7) is 0.302. The van der Waals surface area contributed by atoms with Crippen LogP contribution in [-0.4, -0.2) is 14.4 Å². The van der Waals surface area contributed by atoms with Crippen LogP contribution >= 0.6 is 0 Å². The van der Waals surface area contributed by atoms with Gasteiger partial charge >= 0.3 is 0 Å². The van der Waals surface area contributed by atoms with Crippen LogP contribution in [0.1, 0.15) is 11.3 Å². The minimum atomic E-state index is -0.424. The van der Waals surface area contributed by atoms with Crippen LogP contribution in [0, 0.1) is 5.82 Å². The van der Waals surface area contributed by atoms with Gasteiger partial charge in [-0.2, -0.15) is 0 Å². The summed E-state index contributed by atoms with van der Waals surface area (Å²) >= 11 is 0. The summed E-state index contributed by atoms with van der Waals surface area (Å²) in [5.41, 5.74) is 4.01. The molecule has 4 aromatic rings. The molecule has 0 saturated heterocycles. The molecule has 0 radical (unpaired) electrons. The van der Waals surface area contributed by atoms with Crippen LogP contribution in [0.4, 0.5) is 4.39 Å². The molecule has 28 heavy (non-hydrogen) atoms. The number of aromatic nitrogens is 3. The third-order valence-electron chi connectivity index (χ3n) is 4.71. The molecular weight excluding hydrogens is 353 g/mol. The van der Waals surface area contributed by atoms with Crippen molar-refractivity contribution in [3.8, 4) is 17.1 Å². The van der Waals surface area contributed by atoms with Gasteiger partial charge in [0.1, 0.15) is 12.4 Å². The van der Waals surface area contributed by atoms with E-state index in [1.807, 2.05) is 53.0 Å². The zero-order valence-corrected chi connectivity index (χ0v) is 14.9. The van der Waals surface area contributed by atoms with Crippen LogP contribution in [0.15, 0.2) is 85.3 Å². The fourth-order valence-corrected chi connectivity index (χ4v) is 3.22. The van der Waals surface area contributed by atoms with Gasteiger partial charge in [0.25, 0.3) is 0 Å². The molecule has 5 heteroatoms. The normalized spacial score (nSPS) is 12.7. The van der Waals surface area contributed by atoms with Crippen molar-refractivity contribution in [2.45, 2.75) is 6.61 Å². The van der Waals surface area contributed by atoms with Gasteiger partial charge in [0.15, 0.2) is 11.6 Å². The number of allylic oxidation sites excluding steroid dienone is 4. The molecule has 1 aliphatic carbocycles. The van der Waals surface area contributed by atoms with Crippen LogP contribution in [-0.2, 0) is 6.61 Å². The second-order valence-corrected chi connectivity index (χ2v) is 6.49. The van der Waals surface area contributed by atoms with Crippen molar-refractivity contribution in [2.75, 3.05) is 0 Å². The highest BCUT2D eigenvalue weighted by Crippen LogP contribution is 2.33. The number of rotatable bonds is 5. The highest BCUT2D eigenvalue weighted by atomic mass is 19.1. The lowest BCUT2D eigenvalue weighted by atomic mass is 10.0. The minimum absolute atomic E-state index is 0.205. The Kier molecular flexibility index (Phi) is 3.98. The Balaban J connectivity index is 1.55. The van der Waals surface area contributed by atoms with Gasteiger partial charge in [0.2, 0.25) is 0 Å². The molecule has 0 aliphatic heterocycles. The first-order valence-corrected chi connectivity index (χ1v) is 8.98. The van der Waals surface area contributed by atoms with Crippen LogP contribution < -0.4 is 4.74 Å². The van der Waals surface area contributed by atoms with E-state index < -0.39 is 5.82 Å². The van der Waals surface area contributed by atoms with Crippen LogP contribution in [0.5, 0.6) is 5.75 Å². The van der Waals surface area contributed by atoms with Crippen molar-refractivity contribution < 1.29 is 9.13 Å². The molecule has 2 aromatic carbocycles. The van der Waals surface area contributed by atoms with Gasteiger partial charge in [-0.15, -0.1) is 0 Å². The van der Waals surface area contributed by atoms with Gasteiger partial charge in [-0.1, -0.05) is 54.6 Å². The number of hydrogen-bond acceptors (Lipinski definition) is 3. The fourth-order valence-electron chi connectivity index (χ4n) is 3.22. The fraction of sp³-hybridized carbons (Fsp3) is 0.0435. The van der Waals surface area contributed by atoms with E-state index in [0.717, 1.165) is 22.3 Å². The highest BCUT2D eigenvalue weighted by molar-refractivity contribution is 5.88. The summed E-state index contributed by atoms with van der Waals surface area (Å²) in [5, 5.41) is 0. The van der Waals surface area contributed by atoms with E-state index in [1.165, 1.54) is 0 Å². The summed E-state index contributed by atoms with van der Waals surface area (Å²) in [6.07, 6.45) is 11.1. The molecule has 4 nitrogen and oxygen atoms in total. The maximum Gasteiger partial charge on any atom is 0.176 e. The van der Waals surface area contributed by atoms with Crippen molar-refractivity contribution in [3.63, 3.8) is 0 Å². The molecule has 136 valence electrons. The number of benzene rings is 2. The molecule has 0 saturated carbocycles. The number of hydrogen-bond donors (Lipinski definition) is 0. The predicted molar refractivity (Wildman–Crippen MR) is 106 cm³/mol. The quantitative estimate of drug-likeness (QED) is 0.493. The van der Waals surface area contributed by atoms with Crippen LogP contribution in [0.25, 0.3) is 22.5 Å². The van der Waals surface area contributed by atoms with E-state index in [4.69, 9.17) is 9.72 Å². The average molecular weight is 369 g/mol. The van der Waals surface area contributed by atoms with Crippen molar-refractivity contribution in [3.05, 3.63) is 102 Å². The Hall–Kier alpha value is -3.73. The molecule has 0 fully saturated rings. The standard InChI is InChI=1S/C23H16FN3O/c24-21-18(10-5-11-20(21)28-15-16-6-2-1-3-7-16)23-26-22(17-8-4-9-17)19-14-25-12-13-27(19)23/h1-14H,15H2. The monoisotopic (exact) mass is 369 g/mol. The highest BCUT2D eigenvalue weighted by Gasteiger charge is 2.20. The van der Waals surface area contributed by atoms with Crippen LogP contribution in [0.3, 0.4) is 0 Å². The number of nitrogens with zero attached hydrogens (tertiary/aromatic N) is 3. The summed E-state index contributed by atoms with van der Waals surface area (Å²) in [4.78, 5) is 8.90. The molecular formula is C23H16FN3O. The van der Waals surface area contributed by atoms with Gasteiger partial charge in [0.05, 0.1) is 23.0 Å². The van der Waals surface area contributed by atoms with E-state index in [2.05, 4.69) is 4.98 Å². The average Bonchev–Trinajstić information content (AvgIpc) is 3.06. The van der Waals surface area contributed by atoms with E-state index in [0.29, 0.717) is 18.0 Å². The van der Waals surface area contributed by atoms with E-state index in [1.54, 1.807) is 36.8 Å². The minimum Gasteiger partial charge on any atom is -0.486 e. The van der Waals surface area contributed by atoms with Crippen LogP contribution in [0.2, 0.25) is 0 Å². The number of fused-ring (bicyclic) bond motifs is 1. The molecule has 0 unspecified atom stereocenters. The van der Waals surface area contributed by atoms with Gasteiger partial charge in [-0.25, -0.2) is 9.37 Å². The number of imidazole rings is 1. The van der Waals surface area contributed by atoms with Crippen molar-refractivity contribution in [2.24, 2.45) is 0 Å². The molecule has 1 aliphatic rings. The Labute approximate surface area is 161 Å². The summed E-state index contributed by atoms with van der Waals surface area (Å²) in [6, 6.07) is 14.8. The maximum absolute atomic E-state index is 15.3. The molecule has 2 heterocycles. The number of ether oxygens (including phenoxy) is 1. The first kappa shape index (κ1) is 16.4.